The van der Waals surface area contributed by atoms with Gasteiger partial charge in [0.15, 0.2) is 0 Å². The molecule has 2 N–H and O–H groups in total. The summed E-state index contributed by atoms with van der Waals surface area (Å²) in [5, 5.41) is 6.42. The van der Waals surface area contributed by atoms with Crippen LogP contribution in [-0.4, -0.2) is 36.4 Å². The molecule has 1 unspecified atom stereocenters. The summed E-state index contributed by atoms with van der Waals surface area (Å²) in [5.74, 6) is 0.141. The highest BCUT2D eigenvalue weighted by Gasteiger charge is 2.18. The maximum Gasteiger partial charge on any atom is 0.255 e. The lowest BCUT2D eigenvalue weighted by atomic mass is 10.0. The van der Waals surface area contributed by atoms with Gasteiger partial charge in [0.2, 0.25) is 5.91 Å². The highest BCUT2D eigenvalue weighted by atomic mass is 32.1. The number of nitrogens with one attached hydrogen (secondary N) is 2. The molecule has 0 aliphatic heterocycles. The van der Waals surface area contributed by atoms with Gasteiger partial charge < -0.3 is 15.2 Å². The van der Waals surface area contributed by atoms with Crippen molar-refractivity contribution in [2.75, 3.05) is 26.0 Å². The number of benzene rings is 1. The highest BCUT2D eigenvalue weighted by Crippen LogP contribution is 2.26. The predicted octanol–water partition coefficient (Wildman–Crippen LogP) is 3.26. The molecule has 0 saturated heterocycles. The van der Waals surface area contributed by atoms with Crippen LogP contribution in [0.1, 0.15) is 17.2 Å². The van der Waals surface area contributed by atoms with Crippen molar-refractivity contribution in [2.45, 2.75) is 12.3 Å². The third-order valence-corrected chi connectivity index (χ3v) is 5.05. The van der Waals surface area contributed by atoms with Gasteiger partial charge in [-0.1, -0.05) is 6.07 Å². The number of thiophene rings is 1. The first kappa shape index (κ1) is 17.4. The van der Waals surface area contributed by atoms with Crippen molar-refractivity contribution in [3.63, 3.8) is 0 Å². The Morgan fingerprint density at radius 2 is 2.12 bits per heavy atom. The Labute approximate surface area is 150 Å². The number of amides is 1. The molecule has 0 saturated carbocycles. The minimum absolute atomic E-state index is 0.0237. The summed E-state index contributed by atoms with van der Waals surface area (Å²) < 4.78 is 0. The topological polar surface area (TPSA) is 65.2 Å². The van der Waals surface area contributed by atoms with Gasteiger partial charge in [-0.05, 0) is 55.2 Å². The van der Waals surface area contributed by atoms with Crippen LogP contribution in [0, 0.1) is 0 Å². The van der Waals surface area contributed by atoms with Crippen molar-refractivity contribution in [3.8, 4) is 0 Å². The maximum atomic E-state index is 12.5. The van der Waals surface area contributed by atoms with Crippen molar-refractivity contribution < 1.29 is 4.79 Å². The van der Waals surface area contributed by atoms with Crippen LogP contribution in [0.15, 0.2) is 52.8 Å². The first-order valence-corrected chi connectivity index (χ1v) is 9.00. The number of H-pyrrole nitrogens is 1. The number of carbonyl (C=O) groups is 1. The first-order chi connectivity index (χ1) is 12.0. The number of carbonyl (C=O) groups excluding carboxylic acids is 1. The maximum absolute atomic E-state index is 12.5. The van der Waals surface area contributed by atoms with E-state index < -0.39 is 0 Å². The largest absolute Gasteiger partial charge is 0.329 e. The molecule has 0 radical (unpaired) electrons. The quantitative estimate of drug-likeness (QED) is 0.713. The third kappa shape index (κ3) is 4.35. The lowest BCUT2D eigenvalue weighted by molar-refractivity contribution is -0.116. The second kappa shape index (κ2) is 7.63. The summed E-state index contributed by atoms with van der Waals surface area (Å²) in [6.07, 6.45) is 2.03. The Balaban J connectivity index is 1.73. The molecule has 1 atom stereocenters. The standard InChI is InChI=1S/C19H21N3O2S/c1-22(2)12-14(17-4-3-9-25-17)11-18(23)21-15-5-6-16-13(10-15)7-8-20-19(16)24/h3-10,14H,11-12H2,1-2H3,(H,20,24)(H,21,23). The van der Waals surface area contributed by atoms with E-state index in [0.29, 0.717) is 17.5 Å². The second-order valence-corrected chi connectivity index (χ2v) is 7.31. The molecule has 25 heavy (non-hydrogen) atoms. The fraction of sp³-hybridized carbons (Fsp3) is 0.263. The fourth-order valence-corrected chi connectivity index (χ4v) is 3.75. The monoisotopic (exact) mass is 355 g/mol. The molecule has 1 aromatic carbocycles. The van der Waals surface area contributed by atoms with E-state index in [1.165, 1.54) is 4.88 Å². The molecule has 0 aliphatic rings. The summed E-state index contributed by atoms with van der Waals surface area (Å²) in [6, 6.07) is 11.2. The van der Waals surface area contributed by atoms with E-state index in [0.717, 1.165) is 11.9 Å². The van der Waals surface area contributed by atoms with Gasteiger partial charge in [0.1, 0.15) is 0 Å². The Morgan fingerprint density at radius 1 is 1.28 bits per heavy atom. The summed E-state index contributed by atoms with van der Waals surface area (Å²) in [5.41, 5.74) is 0.581. The molecule has 2 aromatic heterocycles. The van der Waals surface area contributed by atoms with E-state index in [4.69, 9.17) is 0 Å². The van der Waals surface area contributed by atoms with Crippen LogP contribution in [0.2, 0.25) is 0 Å². The van der Waals surface area contributed by atoms with Gasteiger partial charge in [-0.25, -0.2) is 0 Å². The molecular weight excluding hydrogens is 334 g/mol. The number of hydrogen-bond acceptors (Lipinski definition) is 4. The molecule has 3 rings (SSSR count). The number of hydrogen-bond donors (Lipinski definition) is 2. The number of likely N-dealkylation sites (N-methyl/N-ethyl adjacent to an activating group) is 1. The van der Waals surface area contributed by atoms with Crippen molar-refractivity contribution in [3.05, 3.63) is 63.2 Å². The molecule has 130 valence electrons. The number of rotatable bonds is 6. The Hall–Kier alpha value is -2.44. The zero-order chi connectivity index (χ0) is 17.8. The van der Waals surface area contributed by atoms with Crippen molar-refractivity contribution in [2.24, 2.45) is 0 Å². The predicted molar refractivity (Wildman–Crippen MR) is 103 cm³/mol. The number of fused-ring (bicyclic) bond motifs is 1. The van der Waals surface area contributed by atoms with Crippen LogP contribution in [0.5, 0.6) is 0 Å². The number of nitrogens with zero attached hydrogens (tertiary/aromatic N) is 1. The molecule has 5 nitrogen and oxygen atoms in total. The van der Waals surface area contributed by atoms with Gasteiger partial charge in [0, 0.05) is 41.0 Å². The lowest BCUT2D eigenvalue weighted by Crippen LogP contribution is -2.24. The van der Waals surface area contributed by atoms with Crippen LogP contribution in [0.4, 0.5) is 5.69 Å². The number of pyridine rings is 1. The zero-order valence-corrected chi connectivity index (χ0v) is 15.1. The molecule has 6 heteroatoms. The third-order valence-electron chi connectivity index (χ3n) is 4.02. The summed E-state index contributed by atoms with van der Waals surface area (Å²) in [7, 11) is 4.03. The minimum atomic E-state index is -0.126. The van der Waals surface area contributed by atoms with Crippen LogP contribution in [0.25, 0.3) is 10.8 Å². The molecule has 0 aliphatic carbocycles. The average Bonchev–Trinajstić information content (AvgIpc) is 3.08. The zero-order valence-electron chi connectivity index (χ0n) is 14.3. The Morgan fingerprint density at radius 3 is 2.84 bits per heavy atom. The van der Waals surface area contributed by atoms with E-state index in [1.807, 2.05) is 37.7 Å². The minimum Gasteiger partial charge on any atom is -0.329 e. The highest BCUT2D eigenvalue weighted by molar-refractivity contribution is 7.10. The molecule has 0 spiro atoms. The summed E-state index contributed by atoms with van der Waals surface area (Å²) >= 11 is 1.68. The fourth-order valence-electron chi connectivity index (χ4n) is 2.93. The van der Waals surface area contributed by atoms with Crippen molar-refractivity contribution >= 4 is 33.7 Å². The van der Waals surface area contributed by atoms with Crippen molar-refractivity contribution in [1.82, 2.24) is 9.88 Å². The molecular formula is C19H21N3O2S. The van der Waals surface area contributed by atoms with Crippen LogP contribution in [-0.2, 0) is 4.79 Å². The van der Waals surface area contributed by atoms with Gasteiger partial charge >= 0.3 is 0 Å². The van der Waals surface area contributed by atoms with Crippen LogP contribution >= 0.6 is 11.3 Å². The number of aromatic amines is 1. The second-order valence-electron chi connectivity index (χ2n) is 6.34. The lowest BCUT2D eigenvalue weighted by Gasteiger charge is -2.19. The van der Waals surface area contributed by atoms with Gasteiger partial charge in [0.05, 0.1) is 0 Å². The molecule has 3 aromatic rings. The number of aromatic nitrogens is 1. The average molecular weight is 355 g/mol. The van der Waals surface area contributed by atoms with Crippen LogP contribution in [0.3, 0.4) is 0 Å². The van der Waals surface area contributed by atoms with E-state index in [2.05, 4.69) is 21.3 Å². The molecule has 0 fully saturated rings. The van der Waals surface area contributed by atoms with Gasteiger partial charge in [-0.3, -0.25) is 9.59 Å². The Kier molecular flexibility index (Phi) is 5.31. The number of anilines is 1. The summed E-state index contributed by atoms with van der Waals surface area (Å²) in [6.45, 7) is 0.820. The summed E-state index contributed by atoms with van der Waals surface area (Å²) in [4.78, 5) is 30.2. The first-order valence-electron chi connectivity index (χ1n) is 8.12. The van der Waals surface area contributed by atoms with Gasteiger partial charge in [-0.15, -0.1) is 11.3 Å². The van der Waals surface area contributed by atoms with E-state index in [-0.39, 0.29) is 17.4 Å². The van der Waals surface area contributed by atoms with Gasteiger partial charge in [-0.2, -0.15) is 0 Å². The molecule has 2 heterocycles. The van der Waals surface area contributed by atoms with Gasteiger partial charge in [0.25, 0.3) is 5.56 Å². The smallest absolute Gasteiger partial charge is 0.255 e. The van der Waals surface area contributed by atoms with E-state index in [1.54, 1.807) is 29.7 Å². The van der Waals surface area contributed by atoms with Crippen molar-refractivity contribution in [1.29, 1.82) is 0 Å². The molecule has 1 amide bonds. The Bertz CT molecular complexity index is 916. The van der Waals surface area contributed by atoms with Crippen LogP contribution < -0.4 is 10.9 Å². The molecule has 0 bridgehead atoms. The SMILES string of the molecule is CN(C)CC(CC(=O)Nc1ccc2c(=O)[nH]ccc2c1)c1cccs1. The van der Waals surface area contributed by atoms with E-state index >= 15 is 0 Å². The normalized spacial score (nSPS) is 12.4. The van der Waals surface area contributed by atoms with E-state index in [9.17, 15) is 9.59 Å².